The molecule has 2 aromatic rings. The molecule has 0 unspecified atom stereocenters. The number of carbonyl (C=O) groups is 1. The standard InChI is InChI=1S/C16H16BrNOS/c17-15-8-6-14(7-9-15)11-20-12-16(19)18-10-13-4-2-1-3-5-13/h1-9H,10-12H2,(H,18,19). The Bertz CT molecular complexity index is 542. The summed E-state index contributed by atoms with van der Waals surface area (Å²) in [4.78, 5) is 11.7. The van der Waals surface area contributed by atoms with E-state index < -0.39 is 0 Å². The summed E-state index contributed by atoms with van der Waals surface area (Å²) in [6, 6.07) is 18.1. The van der Waals surface area contributed by atoms with Crippen molar-refractivity contribution in [2.45, 2.75) is 12.3 Å². The Morgan fingerprint density at radius 3 is 2.40 bits per heavy atom. The molecule has 0 saturated heterocycles. The van der Waals surface area contributed by atoms with Crippen LogP contribution in [0.4, 0.5) is 0 Å². The summed E-state index contributed by atoms with van der Waals surface area (Å²) >= 11 is 5.04. The number of amides is 1. The molecule has 2 aromatic carbocycles. The van der Waals surface area contributed by atoms with Crippen LogP contribution < -0.4 is 5.32 Å². The average molecular weight is 350 g/mol. The molecule has 0 atom stereocenters. The number of hydrogen-bond donors (Lipinski definition) is 1. The zero-order chi connectivity index (χ0) is 14.2. The van der Waals surface area contributed by atoms with Gasteiger partial charge < -0.3 is 5.32 Å². The fourth-order valence-electron chi connectivity index (χ4n) is 1.69. The Hall–Kier alpha value is -1.26. The number of carbonyl (C=O) groups excluding carboxylic acids is 1. The molecule has 0 saturated carbocycles. The first-order valence-electron chi connectivity index (χ1n) is 6.37. The van der Waals surface area contributed by atoms with Gasteiger partial charge in [0.1, 0.15) is 0 Å². The minimum atomic E-state index is 0.0796. The highest BCUT2D eigenvalue weighted by atomic mass is 79.9. The predicted octanol–water partition coefficient (Wildman–Crippen LogP) is 4.00. The fraction of sp³-hybridized carbons (Fsp3) is 0.188. The molecule has 0 bridgehead atoms. The molecule has 0 aliphatic rings. The van der Waals surface area contributed by atoms with Crippen LogP contribution in [0.25, 0.3) is 0 Å². The molecule has 0 aromatic heterocycles. The van der Waals surface area contributed by atoms with Gasteiger partial charge in [-0.25, -0.2) is 0 Å². The van der Waals surface area contributed by atoms with E-state index in [-0.39, 0.29) is 5.91 Å². The molecule has 1 amide bonds. The Kier molecular flexibility index (Phi) is 6.15. The highest BCUT2D eigenvalue weighted by Crippen LogP contribution is 2.15. The van der Waals surface area contributed by atoms with Crippen molar-refractivity contribution in [3.05, 3.63) is 70.2 Å². The minimum absolute atomic E-state index is 0.0796. The minimum Gasteiger partial charge on any atom is -0.351 e. The maximum atomic E-state index is 11.7. The van der Waals surface area contributed by atoms with Gasteiger partial charge in [-0.3, -0.25) is 4.79 Å². The van der Waals surface area contributed by atoms with Gasteiger partial charge in [0, 0.05) is 16.8 Å². The SMILES string of the molecule is O=C(CSCc1ccc(Br)cc1)NCc1ccccc1. The van der Waals surface area contributed by atoms with Crippen molar-refractivity contribution in [1.82, 2.24) is 5.32 Å². The highest BCUT2D eigenvalue weighted by Gasteiger charge is 2.02. The molecular weight excluding hydrogens is 334 g/mol. The smallest absolute Gasteiger partial charge is 0.230 e. The first kappa shape index (κ1) is 15.1. The van der Waals surface area contributed by atoms with Crippen LogP contribution in [0.2, 0.25) is 0 Å². The van der Waals surface area contributed by atoms with Crippen LogP contribution in [0.5, 0.6) is 0 Å². The molecule has 1 N–H and O–H groups in total. The summed E-state index contributed by atoms with van der Waals surface area (Å²) in [5.74, 6) is 1.42. The first-order valence-corrected chi connectivity index (χ1v) is 8.31. The molecule has 0 radical (unpaired) electrons. The maximum absolute atomic E-state index is 11.7. The van der Waals surface area contributed by atoms with Gasteiger partial charge in [0.05, 0.1) is 5.75 Å². The predicted molar refractivity (Wildman–Crippen MR) is 88.6 cm³/mol. The van der Waals surface area contributed by atoms with Gasteiger partial charge in [-0.1, -0.05) is 58.4 Å². The molecule has 104 valence electrons. The molecule has 0 fully saturated rings. The molecule has 0 heterocycles. The second-order valence-electron chi connectivity index (χ2n) is 4.38. The van der Waals surface area contributed by atoms with Crippen molar-refractivity contribution >= 4 is 33.6 Å². The molecule has 2 rings (SSSR count). The van der Waals surface area contributed by atoms with E-state index >= 15 is 0 Å². The van der Waals surface area contributed by atoms with Crippen molar-refractivity contribution in [2.75, 3.05) is 5.75 Å². The second-order valence-corrected chi connectivity index (χ2v) is 6.28. The van der Waals surface area contributed by atoms with Crippen LogP contribution in [-0.4, -0.2) is 11.7 Å². The van der Waals surface area contributed by atoms with Gasteiger partial charge in [0.15, 0.2) is 0 Å². The molecule has 2 nitrogen and oxygen atoms in total. The number of halogens is 1. The van der Waals surface area contributed by atoms with E-state index in [9.17, 15) is 4.79 Å². The molecule has 0 spiro atoms. The van der Waals surface area contributed by atoms with Gasteiger partial charge in [0.2, 0.25) is 5.91 Å². The fourth-order valence-corrected chi connectivity index (χ4v) is 2.77. The summed E-state index contributed by atoms with van der Waals surface area (Å²) in [7, 11) is 0. The Balaban J connectivity index is 1.66. The number of benzene rings is 2. The van der Waals surface area contributed by atoms with Gasteiger partial charge in [0.25, 0.3) is 0 Å². The zero-order valence-corrected chi connectivity index (χ0v) is 13.4. The first-order chi connectivity index (χ1) is 9.74. The van der Waals surface area contributed by atoms with Crippen LogP contribution in [0.15, 0.2) is 59.1 Å². The Labute approximate surface area is 132 Å². The van der Waals surface area contributed by atoms with Crippen LogP contribution >= 0.6 is 27.7 Å². The van der Waals surface area contributed by atoms with Crippen molar-refractivity contribution in [3.8, 4) is 0 Å². The summed E-state index contributed by atoms with van der Waals surface area (Å²) in [6.45, 7) is 0.596. The van der Waals surface area contributed by atoms with Crippen molar-refractivity contribution < 1.29 is 4.79 Å². The highest BCUT2D eigenvalue weighted by molar-refractivity contribution is 9.10. The van der Waals surface area contributed by atoms with E-state index in [0.29, 0.717) is 12.3 Å². The van der Waals surface area contributed by atoms with E-state index in [4.69, 9.17) is 0 Å². The van der Waals surface area contributed by atoms with Gasteiger partial charge in [-0.15, -0.1) is 11.8 Å². The van der Waals surface area contributed by atoms with E-state index in [1.807, 2.05) is 42.5 Å². The molecular formula is C16H16BrNOS. The lowest BCUT2D eigenvalue weighted by atomic mass is 10.2. The number of hydrogen-bond acceptors (Lipinski definition) is 2. The van der Waals surface area contributed by atoms with Crippen molar-refractivity contribution in [3.63, 3.8) is 0 Å². The summed E-state index contributed by atoms with van der Waals surface area (Å²) in [5, 5.41) is 2.93. The monoisotopic (exact) mass is 349 g/mol. The van der Waals surface area contributed by atoms with E-state index in [1.165, 1.54) is 5.56 Å². The molecule has 0 aliphatic carbocycles. The van der Waals surface area contributed by atoms with Crippen molar-refractivity contribution in [1.29, 1.82) is 0 Å². The van der Waals surface area contributed by atoms with Gasteiger partial charge in [-0.05, 0) is 23.3 Å². The van der Waals surface area contributed by atoms with Crippen LogP contribution in [-0.2, 0) is 17.1 Å². The van der Waals surface area contributed by atoms with Crippen LogP contribution in [0, 0.1) is 0 Å². The third kappa shape index (κ3) is 5.39. The number of rotatable bonds is 6. The van der Waals surface area contributed by atoms with E-state index in [0.717, 1.165) is 15.8 Å². The third-order valence-corrected chi connectivity index (χ3v) is 4.28. The maximum Gasteiger partial charge on any atom is 0.230 e. The third-order valence-electron chi connectivity index (χ3n) is 2.75. The van der Waals surface area contributed by atoms with E-state index in [2.05, 4.69) is 33.4 Å². The van der Waals surface area contributed by atoms with Gasteiger partial charge >= 0.3 is 0 Å². The van der Waals surface area contributed by atoms with Crippen LogP contribution in [0.3, 0.4) is 0 Å². The quantitative estimate of drug-likeness (QED) is 0.853. The zero-order valence-electron chi connectivity index (χ0n) is 11.0. The lowest BCUT2D eigenvalue weighted by molar-refractivity contribution is -0.118. The van der Waals surface area contributed by atoms with Crippen molar-refractivity contribution in [2.24, 2.45) is 0 Å². The molecule has 0 aliphatic heterocycles. The number of nitrogens with one attached hydrogen (secondary N) is 1. The van der Waals surface area contributed by atoms with Gasteiger partial charge in [-0.2, -0.15) is 0 Å². The Morgan fingerprint density at radius 2 is 1.70 bits per heavy atom. The normalized spacial score (nSPS) is 10.2. The molecule has 20 heavy (non-hydrogen) atoms. The number of thioether (sulfide) groups is 1. The summed E-state index contributed by atoms with van der Waals surface area (Å²) < 4.78 is 1.08. The second kappa shape index (κ2) is 8.12. The lowest BCUT2D eigenvalue weighted by Gasteiger charge is -2.05. The Morgan fingerprint density at radius 1 is 1.00 bits per heavy atom. The van der Waals surface area contributed by atoms with Crippen LogP contribution in [0.1, 0.15) is 11.1 Å². The molecule has 4 heteroatoms. The topological polar surface area (TPSA) is 29.1 Å². The van der Waals surface area contributed by atoms with E-state index in [1.54, 1.807) is 11.8 Å². The average Bonchev–Trinajstić information content (AvgIpc) is 2.48. The lowest BCUT2D eigenvalue weighted by Crippen LogP contribution is -2.24. The summed E-state index contributed by atoms with van der Waals surface area (Å²) in [6.07, 6.45) is 0. The largest absolute Gasteiger partial charge is 0.351 e. The summed E-state index contributed by atoms with van der Waals surface area (Å²) in [5.41, 5.74) is 2.35.